The molecule has 1 aliphatic rings. The maximum absolute atomic E-state index is 11.7. The summed E-state index contributed by atoms with van der Waals surface area (Å²) in [5, 5.41) is 2.51. The minimum Gasteiger partial charge on any atom is -0.294 e. The van der Waals surface area contributed by atoms with Crippen LogP contribution in [0, 0.1) is 0 Å². The first kappa shape index (κ1) is 11.4. The smallest absolute Gasteiger partial charge is 0.163 e. The molecule has 3 aromatic rings. The lowest BCUT2D eigenvalue weighted by Crippen LogP contribution is -1.91. The van der Waals surface area contributed by atoms with E-state index in [0.29, 0.717) is 6.42 Å². The standard InChI is InChI=1S/C19H14O/c20-19-11-9-15-12-14(8-10-18(15)19)17-7-3-5-13-4-1-2-6-16(13)17/h1-8,10,12H,9,11H2. The molecule has 0 aliphatic heterocycles. The van der Waals surface area contributed by atoms with E-state index in [1.807, 2.05) is 6.07 Å². The van der Waals surface area contributed by atoms with E-state index in [9.17, 15) is 4.79 Å². The van der Waals surface area contributed by atoms with Crippen molar-refractivity contribution in [1.29, 1.82) is 0 Å². The maximum Gasteiger partial charge on any atom is 0.163 e. The van der Waals surface area contributed by atoms with Gasteiger partial charge in [-0.1, -0.05) is 60.7 Å². The highest BCUT2D eigenvalue weighted by molar-refractivity contribution is 6.02. The van der Waals surface area contributed by atoms with Crippen molar-refractivity contribution in [1.82, 2.24) is 0 Å². The number of rotatable bonds is 1. The van der Waals surface area contributed by atoms with Gasteiger partial charge in [0.2, 0.25) is 0 Å². The SMILES string of the molecule is O=C1CCc2cc(-c3cccc4ccccc34)ccc21. The zero-order valence-corrected chi connectivity index (χ0v) is 11.1. The summed E-state index contributed by atoms with van der Waals surface area (Å²) >= 11 is 0. The fraction of sp³-hybridized carbons (Fsp3) is 0.105. The number of hydrogen-bond acceptors (Lipinski definition) is 1. The van der Waals surface area contributed by atoms with Crippen molar-refractivity contribution in [3.05, 3.63) is 71.8 Å². The molecule has 1 heteroatoms. The van der Waals surface area contributed by atoms with Crippen LogP contribution in [0.5, 0.6) is 0 Å². The normalized spacial score (nSPS) is 13.7. The molecule has 0 saturated heterocycles. The van der Waals surface area contributed by atoms with E-state index in [1.165, 1.54) is 27.5 Å². The highest BCUT2D eigenvalue weighted by Crippen LogP contribution is 2.32. The van der Waals surface area contributed by atoms with E-state index in [2.05, 4.69) is 54.6 Å². The van der Waals surface area contributed by atoms with Gasteiger partial charge in [0.25, 0.3) is 0 Å². The zero-order chi connectivity index (χ0) is 13.5. The van der Waals surface area contributed by atoms with Gasteiger partial charge in [0.1, 0.15) is 0 Å². The van der Waals surface area contributed by atoms with Crippen molar-refractivity contribution >= 4 is 16.6 Å². The monoisotopic (exact) mass is 258 g/mol. The van der Waals surface area contributed by atoms with E-state index in [1.54, 1.807) is 0 Å². The van der Waals surface area contributed by atoms with Gasteiger partial charge in [-0.25, -0.2) is 0 Å². The van der Waals surface area contributed by atoms with Gasteiger partial charge in [-0.2, -0.15) is 0 Å². The van der Waals surface area contributed by atoms with Crippen molar-refractivity contribution in [3.63, 3.8) is 0 Å². The van der Waals surface area contributed by atoms with Crippen LogP contribution in [-0.2, 0) is 6.42 Å². The van der Waals surface area contributed by atoms with E-state index in [0.717, 1.165) is 12.0 Å². The van der Waals surface area contributed by atoms with E-state index in [4.69, 9.17) is 0 Å². The molecule has 20 heavy (non-hydrogen) atoms. The average molecular weight is 258 g/mol. The first-order valence-corrected chi connectivity index (χ1v) is 6.97. The lowest BCUT2D eigenvalue weighted by atomic mass is 9.96. The third-order valence-electron chi connectivity index (χ3n) is 4.13. The molecule has 1 aliphatic carbocycles. The number of carbonyl (C=O) groups is 1. The number of Topliss-reactive ketones (excluding diaryl/α,β-unsaturated/α-hetero) is 1. The number of ketones is 1. The maximum atomic E-state index is 11.7. The van der Waals surface area contributed by atoms with Crippen LogP contribution in [0.2, 0.25) is 0 Å². The van der Waals surface area contributed by atoms with Crippen LogP contribution in [0.4, 0.5) is 0 Å². The molecule has 4 rings (SSSR count). The predicted molar refractivity (Wildman–Crippen MR) is 82.0 cm³/mol. The third kappa shape index (κ3) is 1.67. The minimum atomic E-state index is 0.282. The van der Waals surface area contributed by atoms with Crippen molar-refractivity contribution in [2.75, 3.05) is 0 Å². The summed E-state index contributed by atoms with van der Waals surface area (Å²) in [6, 6.07) is 21.1. The molecule has 0 aromatic heterocycles. The van der Waals surface area contributed by atoms with Gasteiger partial charge in [0.05, 0.1) is 0 Å². The highest BCUT2D eigenvalue weighted by Gasteiger charge is 2.19. The number of hydrogen-bond donors (Lipinski definition) is 0. The van der Waals surface area contributed by atoms with Gasteiger partial charge in [-0.15, -0.1) is 0 Å². The third-order valence-corrected chi connectivity index (χ3v) is 4.13. The van der Waals surface area contributed by atoms with E-state index >= 15 is 0 Å². The molecule has 0 unspecified atom stereocenters. The molecular weight excluding hydrogens is 244 g/mol. The molecule has 1 nitrogen and oxygen atoms in total. The van der Waals surface area contributed by atoms with Crippen LogP contribution in [0.3, 0.4) is 0 Å². The summed E-state index contributed by atoms with van der Waals surface area (Å²) in [6.07, 6.45) is 1.54. The molecule has 0 amide bonds. The summed E-state index contributed by atoms with van der Waals surface area (Å²) in [6.45, 7) is 0. The second-order valence-corrected chi connectivity index (χ2v) is 5.32. The molecule has 0 fully saturated rings. The van der Waals surface area contributed by atoms with Crippen LogP contribution in [0.25, 0.3) is 21.9 Å². The summed E-state index contributed by atoms with van der Waals surface area (Å²) in [4.78, 5) is 11.7. The van der Waals surface area contributed by atoms with E-state index in [-0.39, 0.29) is 5.78 Å². The highest BCUT2D eigenvalue weighted by atomic mass is 16.1. The Kier molecular flexibility index (Phi) is 2.46. The number of carbonyl (C=O) groups excluding carboxylic acids is 1. The molecule has 0 radical (unpaired) electrons. The van der Waals surface area contributed by atoms with Crippen molar-refractivity contribution in [2.24, 2.45) is 0 Å². The average Bonchev–Trinajstić information content (AvgIpc) is 2.87. The molecule has 0 spiro atoms. The lowest BCUT2D eigenvalue weighted by Gasteiger charge is -2.08. The van der Waals surface area contributed by atoms with Gasteiger partial charge in [-0.05, 0) is 33.9 Å². The topological polar surface area (TPSA) is 17.1 Å². The van der Waals surface area contributed by atoms with Crippen LogP contribution >= 0.6 is 0 Å². The van der Waals surface area contributed by atoms with Crippen LogP contribution in [0.1, 0.15) is 22.3 Å². The molecule has 0 N–H and O–H groups in total. The number of benzene rings is 3. The van der Waals surface area contributed by atoms with Crippen molar-refractivity contribution in [2.45, 2.75) is 12.8 Å². The quantitative estimate of drug-likeness (QED) is 0.621. The minimum absolute atomic E-state index is 0.282. The Bertz CT molecular complexity index is 825. The number of aryl methyl sites for hydroxylation is 1. The second-order valence-electron chi connectivity index (χ2n) is 5.32. The Hall–Kier alpha value is -2.41. The first-order chi connectivity index (χ1) is 9.83. The molecule has 0 atom stereocenters. The Morgan fingerprint density at radius 3 is 2.55 bits per heavy atom. The van der Waals surface area contributed by atoms with E-state index < -0.39 is 0 Å². The largest absolute Gasteiger partial charge is 0.294 e. The Labute approximate surface area is 117 Å². The Balaban J connectivity index is 1.94. The van der Waals surface area contributed by atoms with Crippen LogP contribution < -0.4 is 0 Å². The summed E-state index contributed by atoms with van der Waals surface area (Å²) in [5.41, 5.74) is 4.55. The van der Waals surface area contributed by atoms with Gasteiger partial charge in [-0.3, -0.25) is 4.79 Å². The molecule has 0 heterocycles. The van der Waals surface area contributed by atoms with Gasteiger partial charge in [0, 0.05) is 12.0 Å². The summed E-state index contributed by atoms with van der Waals surface area (Å²) < 4.78 is 0. The van der Waals surface area contributed by atoms with Crippen molar-refractivity contribution in [3.8, 4) is 11.1 Å². The zero-order valence-electron chi connectivity index (χ0n) is 11.1. The fourth-order valence-corrected chi connectivity index (χ4v) is 3.10. The Morgan fingerprint density at radius 2 is 1.60 bits per heavy atom. The van der Waals surface area contributed by atoms with Crippen LogP contribution in [-0.4, -0.2) is 5.78 Å². The fourth-order valence-electron chi connectivity index (χ4n) is 3.10. The lowest BCUT2D eigenvalue weighted by molar-refractivity contribution is 0.0994. The number of fused-ring (bicyclic) bond motifs is 2. The summed E-state index contributed by atoms with van der Waals surface area (Å²) in [7, 11) is 0. The first-order valence-electron chi connectivity index (χ1n) is 6.97. The van der Waals surface area contributed by atoms with Gasteiger partial charge in [0.15, 0.2) is 5.78 Å². The molecule has 0 bridgehead atoms. The molecule has 3 aromatic carbocycles. The van der Waals surface area contributed by atoms with Crippen molar-refractivity contribution < 1.29 is 4.79 Å². The Morgan fingerprint density at radius 1 is 0.750 bits per heavy atom. The summed E-state index contributed by atoms with van der Waals surface area (Å²) in [5.74, 6) is 0.282. The van der Waals surface area contributed by atoms with Gasteiger partial charge >= 0.3 is 0 Å². The predicted octanol–water partition coefficient (Wildman–Crippen LogP) is 4.64. The van der Waals surface area contributed by atoms with Crippen LogP contribution in [0.15, 0.2) is 60.7 Å². The molecule has 0 saturated carbocycles. The molecular formula is C19H14O. The van der Waals surface area contributed by atoms with Gasteiger partial charge < -0.3 is 0 Å². The molecule has 96 valence electrons. The second kappa shape index (κ2) is 4.31.